The number of para-hydroxylation sites is 1. The van der Waals surface area contributed by atoms with E-state index in [9.17, 15) is 19.1 Å². The van der Waals surface area contributed by atoms with Gasteiger partial charge >= 0.3 is 13.9 Å². The number of urea groups is 1. The van der Waals surface area contributed by atoms with E-state index in [1.165, 1.54) is 10.0 Å². The molecule has 0 bridgehead atoms. The van der Waals surface area contributed by atoms with Gasteiger partial charge in [-0.2, -0.15) is 0 Å². The van der Waals surface area contributed by atoms with Crippen molar-refractivity contribution in [3.8, 4) is 0 Å². The lowest BCUT2D eigenvalue weighted by Crippen LogP contribution is -2.62. The molecule has 0 saturated heterocycles. The smallest absolute Gasteiger partial charge is 0.301 e. The van der Waals surface area contributed by atoms with Crippen LogP contribution < -0.4 is 10.6 Å². The van der Waals surface area contributed by atoms with E-state index in [4.69, 9.17) is 4.62 Å². The molecule has 3 N–H and O–H groups in total. The Morgan fingerprint density at radius 1 is 1.23 bits per heavy atom. The van der Waals surface area contributed by atoms with Crippen molar-refractivity contribution in [2.24, 2.45) is 0 Å². The summed E-state index contributed by atoms with van der Waals surface area (Å²) in [7, 11) is -3.33. The molecule has 1 fully saturated rings. The molecule has 0 aromatic heterocycles. The minimum atomic E-state index is -4.91. The van der Waals surface area contributed by atoms with Crippen molar-refractivity contribution in [1.29, 1.82) is 0 Å². The lowest BCUT2D eigenvalue weighted by Gasteiger charge is -2.44. The fraction of sp³-hybridized carbons (Fsp3) is 0.562. The average Bonchev–Trinajstić information content (AvgIpc) is 2.48. The number of hydrogen-bond acceptors (Lipinski definition) is 5. The van der Waals surface area contributed by atoms with E-state index in [2.05, 4.69) is 5.43 Å². The van der Waals surface area contributed by atoms with E-state index >= 15 is 0 Å². The van der Waals surface area contributed by atoms with E-state index in [0.29, 0.717) is 5.69 Å². The molecule has 0 aliphatic heterocycles. The molecule has 0 spiro atoms. The molecule has 1 aromatic rings. The van der Waals surface area contributed by atoms with Gasteiger partial charge in [-0.3, -0.25) is 5.01 Å². The third-order valence-electron chi connectivity index (χ3n) is 3.93. The predicted octanol–water partition coefficient (Wildman–Crippen LogP) is 2.64. The third-order valence-corrected chi connectivity index (χ3v) is 4.29. The predicted molar refractivity (Wildman–Crippen MR) is 97.6 cm³/mol. The van der Waals surface area contributed by atoms with Gasteiger partial charge in [0.2, 0.25) is 0 Å². The van der Waals surface area contributed by atoms with Gasteiger partial charge in [0.15, 0.2) is 0 Å². The number of nitrogens with one attached hydrogen (secondary N) is 1. The van der Waals surface area contributed by atoms with Gasteiger partial charge < -0.3 is 9.79 Å². The molecule has 0 atom stereocenters. The second-order valence-electron chi connectivity index (χ2n) is 7.26. The molecule has 1 aliphatic carbocycles. The van der Waals surface area contributed by atoms with E-state index in [0.717, 1.165) is 24.4 Å². The van der Waals surface area contributed by atoms with Crippen LogP contribution in [0.1, 0.15) is 40.0 Å². The standard InChI is InChI=1S/C16H27N4O5P/c1-16(2,3)19(15(21)18(4)17-13-9-8-10-13)20(25-26(22,23)24)14-11-6-5-7-12-14/h5-7,11-13,17H,8-10H2,1-4H3,(H2,22,23,24). The van der Waals surface area contributed by atoms with Gasteiger partial charge in [0.25, 0.3) is 0 Å². The number of amides is 2. The number of nitrogens with zero attached hydrogens (tertiary/aromatic N) is 3. The molecular weight excluding hydrogens is 359 g/mol. The Bertz CT molecular complexity index is 656. The molecule has 2 rings (SSSR count). The van der Waals surface area contributed by atoms with Crippen molar-refractivity contribution < 1.29 is 23.8 Å². The van der Waals surface area contributed by atoms with Crippen molar-refractivity contribution in [1.82, 2.24) is 15.4 Å². The Hall–Kier alpha value is -1.64. The van der Waals surface area contributed by atoms with E-state index in [1.807, 2.05) is 0 Å². The van der Waals surface area contributed by atoms with Crippen LogP contribution in [0.3, 0.4) is 0 Å². The maximum absolute atomic E-state index is 13.1. The quantitative estimate of drug-likeness (QED) is 0.510. The fourth-order valence-electron chi connectivity index (χ4n) is 2.50. The first-order valence-corrected chi connectivity index (χ1v) is 9.96. The van der Waals surface area contributed by atoms with Crippen LogP contribution in [-0.4, -0.2) is 44.5 Å². The molecule has 26 heavy (non-hydrogen) atoms. The number of phosphoric acid groups is 1. The highest BCUT2D eigenvalue weighted by atomic mass is 31.2. The van der Waals surface area contributed by atoms with Gasteiger partial charge in [0.1, 0.15) is 0 Å². The van der Waals surface area contributed by atoms with Gasteiger partial charge in [-0.25, -0.2) is 19.8 Å². The molecule has 1 saturated carbocycles. The van der Waals surface area contributed by atoms with Gasteiger partial charge in [-0.15, -0.1) is 9.80 Å². The number of benzene rings is 1. The van der Waals surface area contributed by atoms with Crippen molar-refractivity contribution >= 4 is 19.5 Å². The van der Waals surface area contributed by atoms with Crippen LogP contribution in [0.4, 0.5) is 10.5 Å². The highest BCUT2D eigenvalue weighted by Gasteiger charge is 2.39. The summed E-state index contributed by atoms with van der Waals surface area (Å²) in [4.78, 5) is 31.8. The maximum atomic E-state index is 13.1. The van der Waals surface area contributed by atoms with E-state index < -0.39 is 19.4 Å². The number of hydrazine groups is 2. The number of anilines is 1. The number of rotatable bonds is 6. The molecule has 2 amide bonds. The van der Waals surface area contributed by atoms with Crippen LogP contribution in [0.2, 0.25) is 0 Å². The van der Waals surface area contributed by atoms with Crippen LogP contribution in [0.15, 0.2) is 30.3 Å². The first kappa shape index (κ1) is 20.7. The average molecular weight is 386 g/mol. The first-order chi connectivity index (χ1) is 12.0. The Morgan fingerprint density at radius 3 is 2.23 bits per heavy atom. The van der Waals surface area contributed by atoms with E-state index in [1.54, 1.807) is 58.2 Å². The Balaban J connectivity index is 2.35. The van der Waals surface area contributed by atoms with Crippen molar-refractivity contribution in [3.05, 3.63) is 30.3 Å². The van der Waals surface area contributed by atoms with Crippen molar-refractivity contribution in [3.63, 3.8) is 0 Å². The zero-order chi connectivity index (χ0) is 19.5. The molecule has 0 heterocycles. The monoisotopic (exact) mass is 386 g/mol. The second kappa shape index (κ2) is 7.94. The Kier molecular flexibility index (Phi) is 6.31. The van der Waals surface area contributed by atoms with Crippen LogP contribution >= 0.6 is 7.82 Å². The van der Waals surface area contributed by atoms with Crippen molar-refractivity contribution in [2.75, 3.05) is 12.2 Å². The van der Waals surface area contributed by atoms with Crippen LogP contribution in [-0.2, 0) is 9.19 Å². The van der Waals surface area contributed by atoms with Gasteiger partial charge in [-0.05, 0) is 45.7 Å². The van der Waals surface area contributed by atoms with Gasteiger partial charge in [-0.1, -0.05) is 24.6 Å². The maximum Gasteiger partial charge on any atom is 0.492 e. The molecule has 146 valence electrons. The third kappa shape index (κ3) is 5.43. The zero-order valence-corrected chi connectivity index (χ0v) is 16.4. The highest BCUT2D eigenvalue weighted by Crippen LogP contribution is 2.41. The molecule has 0 unspecified atom stereocenters. The molecule has 1 aliphatic rings. The molecular formula is C16H27N4O5P. The Labute approximate surface area is 153 Å². The van der Waals surface area contributed by atoms with Gasteiger partial charge in [0, 0.05) is 13.1 Å². The first-order valence-electron chi connectivity index (χ1n) is 8.43. The number of carbonyl (C=O) groups is 1. The highest BCUT2D eigenvalue weighted by molar-refractivity contribution is 7.46. The summed E-state index contributed by atoms with van der Waals surface area (Å²) >= 11 is 0. The number of hydrogen-bond donors (Lipinski definition) is 3. The lowest BCUT2D eigenvalue weighted by molar-refractivity contribution is 0.00915. The van der Waals surface area contributed by atoms with Crippen molar-refractivity contribution in [2.45, 2.75) is 51.6 Å². The normalized spacial score (nSPS) is 15.3. The minimum Gasteiger partial charge on any atom is -0.301 e. The fourth-order valence-corrected chi connectivity index (χ4v) is 2.87. The summed E-state index contributed by atoms with van der Waals surface area (Å²) < 4.78 is 16.4. The SMILES string of the molecule is CN(NC1CCC1)C(=O)N(N(OP(=O)(O)O)c1ccccc1)C(C)(C)C. The molecule has 1 aromatic carbocycles. The zero-order valence-electron chi connectivity index (χ0n) is 15.5. The largest absolute Gasteiger partial charge is 0.492 e. The summed E-state index contributed by atoms with van der Waals surface area (Å²) in [5.41, 5.74) is 2.60. The molecule has 10 heteroatoms. The summed E-state index contributed by atoms with van der Waals surface area (Å²) in [6.07, 6.45) is 3.07. The van der Waals surface area contributed by atoms with Crippen LogP contribution in [0, 0.1) is 0 Å². The summed E-state index contributed by atoms with van der Waals surface area (Å²) in [5, 5.41) is 3.36. The lowest BCUT2D eigenvalue weighted by atomic mass is 9.94. The van der Waals surface area contributed by atoms with Crippen LogP contribution in [0.5, 0.6) is 0 Å². The summed E-state index contributed by atoms with van der Waals surface area (Å²) in [5.74, 6) is 0. The summed E-state index contributed by atoms with van der Waals surface area (Å²) in [6, 6.07) is 8.05. The second-order valence-corrected chi connectivity index (χ2v) is 8.41. The summed E-state index contributed by atoms with van der Waals surface area (Å²) in [6.45, 7) is 5.25. The molecule has 0 radical (unpaired) electrons. The topological polar surface area (TPSA) is 106 Å². The number of carbonyl (C=O) groups excluding carboxylic acids is 1. The van der Waals surface area contributed by atoms with Gasteiger partial charge in [0.05, 0.1) is 11.2 Å². The minimum absolute atomic E-state index is 0.221. The molecule has 9 nitrogen and oxygen atoms in total. The van der Waals surface area contributed by atoms with Crippen LogP contribution in [0.25, 0.3) is 0 Å². The Morgan fingerprint density at radius 2 is 1.81 bits per heavy atom. The van der Waals surface area contributed by atoms with E-state index in [-0.39, 0.29) is 6.04 Å².